The number of hydrogen-bond donors (Lipinski definition) is 1. The van der Waals surface area contributed by atoms with Crippen molar-refractivity contribution in [3.63, 3.8) is 0 Å². The van der Waals surface area contributed by atoms with Crippen LogP contribution in [0.3, 0.4) is 0 Å². The zero-order chi connectivity index (χ0) is 18.5. The lowest BCUT2D eigenvalue weighted by atomic mass is 10.1. The highest BCUT2D eigenvalue weighted by Crippen LogP contribution is 2.22. The Hall–Kier alpha value is -1.82. The Bertz CT molecular complexity index is 794. The summed E-state index contributed by atoms with van der Waals surface area (Å²) >= 11 is 12.4. The molecule has 1 atom stereocenters. The maximum atomic E-state index is 12.1. The molecule has 5 nitrogen and oxygen atoms in total. The number of aromatic nitrogens is 2. The van der Waals surface area contributed by atoms with Gasteiger partial charge in [0.25, 0.3) is 0 Å². The van der Waals surface area contributed by atoms with E-state index in [1.807, 2.05) is 31.2 Å². The van der Waals surface area contributed by atoms with Gasteiger partial charge in [-0.05, 0) is 43.5 Å². The molecule has 1 amide bonds. The molecule has 0 spiro atoms. The Morgan fingerprint density at radius 1 is 1.38 bits per heavy atom. The molecule has 3 rings (SSSR count). The molecule has 0 bridgehead atoms. The monoisotopic (exact) mass is 393 g/mol. The van der Waals surface area contributed by atoms with Crippen molar-refractivity contribution in [2.45, 2.75) is 32.4 Å². The summed E-state index contributed by atoms with van der Waals surface area (Å²) in [7, 11) is 0. The van der Waals surface area contributed by atoms with Gasteiger partial charge in [-0.3, -0.25) is 4.79 Å². The summed E-state index contributed by atoms with van der Waals surface area (Å²) in [5.41, 5.74) is 2.56. The van der Waals surface area contributed by atoms with E-state index in [4.69, 9.17) is 27.9 Å². The number of carbonyl (C=O) groups is 1. The number of ether oxygens (including phenoxy) is 1. The highest BCUT2D eigenvalue weighted by atomic mass is 35.5. The molecule has 1 aliphatic heterocycles. The van der Waals surface area contributed by atoms with Gasteiger partial charge in [-0.15, -0.1) is 0 Å². The Labute approximate surface area is 162 Å². The van der Waals surface area contributed by atoms with Gasteiger partial charge in [0.2, 0.25) is 5.91 Å². The van der Waals surface area contributed by atoms with Crippen molar-refractivity contribution in [3.8, 4) is 0 Å². The van der Waals surface area contributed by atoms with Crippen LogP contribution in [0.5, 0.6) is 0 Å². The highest BCUT2D eigenvalue weighted by Gasteiger charge is 2.16. The van der Waals surface area contributed by atoms with Gasteiger partial charge in [0, 0.05) is 23.3 Å². The lowest BCUT2D eigenvalue weighted by molar-refractivity contribution is -0.118. The molecule has 1 aromatic carbocycles. The fraction of sp³-hybridized carbons (Fsp3) is 0.368. The average Bonchev–Trinajstić information content (AvgIpc) is 2.89. The first kappa shape index (κ1) is 19.0. The third-order valence-corrected chi connectivity index (χ3v) is 4.91. The summed E-state index contributed by atoms with van der Waals surface area (Å²) in [5.74, 6) is -0.151. The normalized spacial score (nSPS) is 17.6. The van der Waals surface area contributed by atoms with Crippen LogP contribution < -0.4 is 5.32 Å². The standard InChI is InChI=1S/C19H21Cl2N3O2/c1-13-17(8-9-18(25)22-16-3-2-10-26-12-16)19(21)24(23-13)11-14-4-6-15(20)7-5-14/h4-9,16H,2-3,10-12H2,1H3,(H,22,25)/b9-8+. The van der Waals surface area contributed by atoms with Crippen LogP contribution in [0.2, 0.25) is 10.2 Å². The van der Waals surface area contributed by atoms with Gasteiger partial charge in [0.1, 0.15) is 5.15 Å². The molecule has 7 heteroatoms. The maximum absolute atomic E-state index is 12.1. The summed E-state index contributed by atoms with van der Waals surface area (Å²) < 4.78 is 7.08. The quantitative estimate of drug-likeness (QED) is 0.784. The molecule has 0 saturated carbocycles. The van der Waals surface area contributed by atoms with Gasteiger partial charge < -0.3 is 10.1 Å². The summed E-state index contributed by atoms with van der Waals surface area (Å²) in [5, 5.41) is 8.61. The molecule has 138 valence electrons. The second kappa shape index (κ2) is 8.71. The minimum Gasteiger partial charge on any atom is -0.379 e. The Morgan fingerprint density at radius 2 is 2.15 bits per heavy atom. The van der Waals surface area contributed by atoms with Gasteiger partial charge in [-0.2, -0.15) is 5.10 Å². The molecular formula is C19H21Cl2N3O2. The van der Waals surface area contributed by atoms with E-state index in [2.05, 4.69) is 10.4 Å². The number of nitrogens with zero attached hydrogens (tertiary/aromatic N) is 2. The molecule has 0 radical (unpaired) electrons. The Morgan fingerprint density at radius 3 is 2.85 bits per heavy atom. The molecule has 1 aliphatic rings. The third-order valence-electron chi connectivity index (χ3n) is 4.26. The predicted octanol–water partition coefficient (Wildman–Crippen LogP) is 3.86. The fourth-order valence-electron chi connectivity index (χ4n) is 2.89. The van der Waals surface area contributed by atoms with Crippen molar-refractivity contribution >= 4 is 35.2 Å². The van der Waals surface area contributed by atoms with E-state index >= 15 is 0 Å². The first-order valence-corrected chi connectivity index (χ1v) is 9.32. The molecular weight excluding hydrogens is 373 g/mol. The smallest absolute Gasteiger partial charge is 0.244 e. The first-order valence-electron chi connectivity index (χ1n) is 8.56. The predicted molar refractivity (Wildman–Crippen MR) is 104 cm³/mol. The molecule has 1 unspecified atom stereocenters. The van der Waals surface area contributed by atoms with Crippen LogP contribution in [0.1, 0.15) is 29.7 Å². The topological polar surface area (TPSA) is 56.2 Å². The number of hydrogen-bond acceptors (Lipinski definition) is 3. The van der Waals surface area contributed by atoms with E-state index in [1.54, 1.807) is 10.8 Å². The molecule has 2 aromatic rings. The number of nitrogens with one attached hydrogen (secondary N) is 1. The molecule has 0 aliphatic carbocycles. The molecule has 1 fully saturated rings. The Balaban J connectivity index is 1.67. The zero-order valence-corrected chi connectivity index (χ0v) is 16.1. The van der Waals surface area contributed by atoms with Crippen LogP contribution >= 0.6 is 23.2 Å². The van der Waals surface area contributed by atoms with Gasteiger partial charge >= 0.3 is 0 Å². The van der Waals surface area contributed by atoms with Gasteiger partial charge in [-0.1, -0.05) is 35.3 Å². The van der Waals surface area contributed by atoms with E-state index in [-0.39, 0.29) is 11.9 Å². The molecule has 1 N–H and O–H groups in total. The number of carbonyl (C=O) groups excluding carboxylic acids is 1. The van der Waals surface area contributed by atoms with Gasteiger partial charge in [-0.25, -0.2) is 4.68 Å². The van der Waals surface area contributed by atoms with Crippen molar-refractivity contribution in [1.82, 2.24) is 15.1 Å². The summed E-state index contributed by atoms with van der Waals surface area (Å²) in [4.78, 5) is 12.1. The van der Waals surface area contributed by atoms with Crippen LogP contribution in [0.4, 0.5) is 0 Å². The van der Waals surface area contributed by atoms with Gasteiger partial charge in [0.15, 0.2) is 0 Å². The SMILES string of the molecule is Cc1nn(Cc2ccc(Cl)cc2)c(Cl)c1/C=C/C(=O)NC1CCCOC1. The van der Waals surface area contributed by atoms with Crippen LogP contribution in [-0.2, 0) is 16.1 Å². The van der Waals surface area contributed by atoms with E-state index < -0.39 is 0 Å². The molecule has 26 heavy (non-hydrogen) atoms. The number of amides is 1. The maximum Gasteiger partial charge on any atom is 0.244 e. The van der Waals surface area contributed by atoms with E-state index in [0.717, 1.165) is 36.3 Å². The third kappa shape index (κ3) is 4.87. The van der Waals surface area contributed by atoms with Crippen molar-refractivity contribution in [2.75, 3.05) is 13.2 Å². The van der Waals surface area contributed by atoms with Crippen LogP contribution in [0.15, 0.2) is 30.3 Å². The Kier molecular flexibility index (Phi) is 6.35. The number of rotatable bonds is 5. The minimum atomic E-state index is -0.151. The van der Waals surface area contributed by atoms with Crippen LogP contribution in [0.25, 0.3) is 6.08 Å². The average molecular weight is 394 g/mol. The summed E-state index contributed by atoms with van der Waals surface area (Å²) in [6.07, 6.45) is 5.12. The van der Waals surface area contributed by atoms with Crippen molar-refractivity contribution in [2.24, 2.45) is 0 Å². The fourth-order valence-corrected chi connectivity index (χ4v) is 3.31. The first-order chi connectivity index (χ1) is 12.5. The number of benzene rings is 1. The second-order valence-electron chi connectivity index (χ2n) is 6.33. The van der Waals surface area contributed by atoms with Crippen molar-refractivity contribution in [3.05, 3.63) is 57.3 Å². The van der Waals surface area contributed by atoms with Crippen molar-refractivity contribution in [1.29, 1.82) is 0 Å². The highest BCUT2D eigenvalue weighted by molar-refractivity contribution is 6.31. The van der Waals surface area contributed by atoms with E-state index in [0.29, 0.717) is 23.3 Å². The molecule has 1 aromatic heterocycles. The number of aryl methyl sites for hydroxylation is 1. The van der Waals surface area contributed by atoms with Crippen LogP contribution in [0, 0.1) is 6.92 Å². The van der Waals surface area contributed by atoms with E-state index in [1.165, 1.54) is 6.08 Å². The van der Waals surface area contributed by atoms with Crippen molar-refractivity contribution < 1.29 is 9.53 Å². The van der Waals surface area contributed by atoms with Crippen LogP contribution in [-0.4, -0.2) is 34.9 Å². The molecule has 2 heterocycles. The van der Waals surface area contributed by atoms with Gasteiger partial charge in [0.05, 0.1) is 24.9 Å². The lowest BCUT2D eigenvalue weighted by Gasteiger charge is -2.22. The number of halogens is 2. The lowest BCUT2D eigenvalue weighted by Crippen LogP contribution is -2.39. The summed E-state index contributed by atoms with van der Waals surface area (Å²) in [6, 6.07) is 7.61. The second-order valence-corrected chi connectivity index (χ2v) is 7.12. The zero-order valence-electron chi connectivity index (χ0n) is 14.5. The van der Waals surface area contributed by atoms with E-state index in [9.17, 15) is 4.79 Å². The summed E-state index contributed by atoms with van der Waals surface area (Å²) in [6.45, 7) is 3.75. The molecule has 1 saturated heterocycles. The minimum absolute atomic E-state index is 0.0742. The largest absolute Gasteiger partial charge is 0.379 e.